The summed E-state index contributed by atoms with van der Waals surface area (Å²) in [6, 6.07) is 0. The molecule has 0 saturated heterocycles. The minimum absolute atomic E-state index is 0.0386. The van der Waals surface area contributed by atoms with Crippen LogP contribution in [0.25, 0.3) is 0 Å². The molecule has 4 amide bonds. The Morgan fingerprint density at radius 1 is 0.392 bits per heavy atom. The molecule has 8 bridgehead atoms. The van der Waals surface area contributed by atoms with Crippen molar-refractivity contribution in [1.82, 2.24) is 9.80 Å². The first-order valence-corrected chi connectivity index (χ1v) is 26.4. The SMILES string of the molecule is CC1=C(C)C(=O)N(CC2CC3C=CC2C3)C1=O.CC1=C(C)C(=O)N(CC2CC3CC2C(C2C4CC(Cc5c(F)c(F)c(F)c(F)c5F)C(C4)C2C)C3C)C1=O.Fc1c(F)c(F)c(CC2CC3C=CC2C3)c(F)c1F. The molecule has 10 aliphatic rings. The van der Waals surface area contributed by atoms with E-state index in [4.69, 9.17) is 0 Å². The molecule has 16 unspecified atom stereocenters. The van der Waals surface area contributed by atoms with Crippen LogP contribution < -0.4 is 0 Å². The zero-order valence-corrected chi connectivity index (χ0v) is 42.3. The molecule has 2 heterocycles. The molecule has 398 valence electrons. The highest BCUT2D eigenvalue weighted by Gasteiger charge is 2.61. The van der Waals surface area contributed by atoms with Gasteiger partial charge in [0.2, 0.25) is 11.6 Å². The molecule has 74 heavy (non-hydrogen) atoms. The first-order valence-electron chi connectivity index (χ1n) is 26.4. The normalized spacial score (nSPS) is 36.0. The van der Waals surface area contributed by atoms with Gasteiger partial charge in [0.1, 0.15) is 0 Å². The number of imide groups is 2. The van der Waals surface area contributed by atoms with Crippen molar-refractivity contribution in [2.45, 2.75) is 106 Å². The lowest BCUT2D eigenvalue weighted by Gasteiger charge is -2.45. The van der Waals surface area contributed by atoms with Crippen LogP contribution in [0.4, 0.5) is 43.9 Å². The third-order valence-electron chi connectivity index (χ3n) is 20.3. The minimum atomic E-state index is -2.11. The second-order valence-corrected chi connectivity index (χ2v) is 23.7. The topological polar surface area (TPSA) is 74.8 Å². The predicted molar refractivity (Wildman–Crippen MR) is 252 cm³/mol. The van der Waals surface area contributed by atoms with Gasteiger partial charge in [0.05, 0.1) is 0 Å². The molecule has 6 fully saturated rings. The third-order valence-corrected chi connectivity index (χ3v) is 20.3. The number of amides is 4. The number of benzene rings is 2. The lowest BCUT2D eigenvalue weighted by Crippen LogP contribution is -2.44. The average molecular weight is 1040 g/mol. The van der Waals surface area contributed by atoms with Gasteiger partial charge in [0.15, 0.2) is 46.5 Å². The number of hydrogen-bond acceptors (Lipinski definition) is 4. The summed E-state index contributed by atoms with van der Waals surface area (Å²) in [4.78, 5) is 52.2. The Morgan fingerprint density at radius 2 is 0.770 bits per heavy atom. The molecule has 0 radical (unpaired) electrons. The van der Waals surface area contributed by atoms with E-state index in [2.05, 4.69) is 32.1 Å². The summed E-state index contributed by atoms with van der Waals surface area (Å²) >= 11 is 0. The number of fused-ring (bicyclic) bond motifs is 8. The summed E-state index contributed by atoms with van der Waals surface area (Å²) < 4.78 is 136. The maximum Gasteiger partial charge on any atom is 0.256 e. The molecule has 0 N–H and O–H groups in total. The number of carbonyl (C=O) groups is 4. The Hall–Kier alpha value is -5.02. The number of hydrogen-bond donors (Lipinski definition) is 0. The van der Waals surface area contributed by atoms with Crippen molar-refractivity contribution < 1.29 is 63.1 Å². The van der Waals surface area contributed by atoms with Gasteiger partial charge < -0.3 is 0 Å². The van der Waals surface area contributed by atoms with Gasteiger partial charge in [-0.15, -0.1) is 0 Å². The van der Waals surface area contributed by atoms with Crippen LogP contribution in [0.3, 0.4) is 0 Å². The maximum absolute atomic E-state index is 14.4. The van der Waals surface area contributed by atoms with Gasteiger partial charge in [-0.2, -0.15) is 0 Å². The lowest BCUT2D eigenvalue weighted by atomic mass is 9.60. The van der Waals surface area contributed by atoms with Crippen molar-refractivity contribution in [2.75, 3.05) is 13.1 Å². The van der Waals surface area contributed by atoms with Crippen molar-refractivity contribution in [3.8, 4) is 0 Å². The zero-order valence-electron chi connectivity index (χ0n) is 42.3. The number of allylic oxidation sites excluding steroid dienone is 4. The second-order valence-electron chi connectivity index (χ2n) is 23.7. The van der Waals surface area contributed by atoms with Gasteiger partial charge in [0.25, 0.3) is 23.6 Å². The van der Waals surface area contributed by atoms with Crippen LogP contribution in [0.5, 0.6) is 0 Å². The molecule has 2 aliphatic heterocycles. The Balaban J connectivity index is 0.000000144. The van der Waals surface area contributed by atoms with E-state index in [0.29, 0.717) is 94.6 Å². The largest absolute Gasteiger partial charge is 0.275 e. The van der Waals surface area contributed by atoms with Gasteiger partial charge >= 0.3 is 0 Å². The molecule has 8 aliphatic carbocycles. The van der Waals surface area contributed by atoms with Crippen LogP contribution in [0.15, 0.2) is 46.6 Å². The Bertz CT molecular complexity index is 2750. The monoisotopic (exact) mass is 1040 g/mol. The van der Waals surface area contributed by atoms with Gasteiger partial charge in [-0.3, -0.25) is 29.0 Å². The average Bonchev–Trinajstić information content (AvgIpc) is 4.29. The van der Waals surface area contributed by atoms with Crippen LogP contribution in [0.2, 0.25) is 0 Å². The van der Waals surface area contributed by atoms with Gasteiger partial charge in [-0.1, -0.05) is 38.2 Å². The zero-order chi connectivity index (χ0) is 53.3. The van der Waals surface area contributed by atoms with E-state index in [1.165, 1.54) is 16.2 Å². The van der Waals surface area contributed by atoms with E-state index in [-0.39, 0.29) is 72.0 Å². The fourth-order valence-electron chi connectivity index (χ4n) is 16.3. The summed E-state index contributed by atoms with van der Waals surface area (Å²) in [7, 11) is 0. The first kappa shape index (κ1) is 52.4. The summed E-state index contributed by atoms with van der Waals surface area (Å²) in [6.07, 6.45) is 16.1. The molecule has 16 atom stereocenters. The van der Waals surface area contributed by atoms with Gasteiger partial charge in [-0.25, -0.2) is 43.9 Å². The van der Waals surface area contributed by atoms with E-state index in [0.717, 1.165) is 44.9 Å². The standard InChI is InChI=1S/C30H34F5NO2.C14H11F5.C14H17NO2/c1-11-12(2)30(38)36(29(11)37)10-18-5-15-7-20(18)23(13(15)3)22-14(4)19-9-17(22)6-16(19)8-21-24(31)26(33)28(35)27(34)25(21)32;15-10-9(11(16)13(18)14(19)12(10)17)5-8-4-6-1-2-7(8)3-6;1-8-9(2)14(17)15(13(8)16)7-12-6-10-3-4-11(12)5-10/h13-20,22-23H,5-10H2,1-4H3;1-2,6-8H,3-5H2;3-4,10-12H,5-7H2,1-2H3. The van der Waals surface area contributed by atoms with Crippen LogP contribution in [0, 0.1) is 153 Å². The fourth-order valence-corrected chi connectivity index (χ4v) is 16.3. The number of carbonyl (C=O) groups excluding carboxylic acids is 4. The molecule has 0 aromatic heterocycles. The van der Waals surface area contributed by atoms with E-state index in [1.807, 2.05) is 6.08 Å². The summed E-state index contributed by atoms with van der Waals surface area (Å²) in [6.45, 7) is 12.5. The van der Waals surface area contributed by atoms with Crippen molar-refractivity contribution in [1.29, 1.82) is 0 Å². The Labute approximate surface area is 424 Å². The number of halogens is 10. The van der Waals surface area contributed by atoms with Crippen molar-refractivity contribution in [3.05, 3.63) is 116 Å². The molecular weight excluding hydrogens is 979 g/mol. The van der Waals surface area contributed by atoms with E-state index in [9.17, 15) is 63.1 Å². The summed E-state index contributed by atoms with van der Waals surface area (Å²) in [5.41, 5.74) is 0.939. The molecule has 16 heteroatoms. The smallest absolute Gasteiger partial charge is 0.256 e. The third kappa shape index (κ3) is 8.52. The highest BCUT2D eigenvalue weighted by atomic mass is 19.2. The van der Waals surface area contributed by atoms with Crippen LogP contribution >= 0.6 is 0 Å². The Morgan fingerprint density at radius 3 is 1.16 bits per heavy atom. The highest BCUT2D eigenvalue weighted by molar-refractivity contribution is 6.19. The van der Waals surface area contributed by atoms with Gasteiger partial charge in [0, 0.05) is 46.5 Å². The maximum atomic E-state index is 14.4. The molecule has 0 spiro atoms. The van der Waals surface area contributed by atoms with Crippen molar-refractivity contribution in [3.63, 3.8) is 0 Å². The lowest BCUT2D eigenvalue weighted by molar-refractivity contribution is -0.140. The van der Waals surface area contributed by atoms with Crippen LogP contribution in [0.1, 0.15) is 104 Å². The Kier molecular flexibility index (Phi) is 13.8. The molecular formula is C58H62F10N2O4. The van der Waals surface area contributed by atoms with Crippen LogP contribution in [-0.2, 0) is 32.0 Å². The molecule has 2 aromatic rings. The molecule has 2 aromatic carbocycles. The molecule has 12 rings (SSSR count). The predicted octanol–water partition coefficient (Wildman–Crippen LogP) is 12.5. The summed E-state index contributed by atoms with van der Waals surface area (Å²) in [5, 5.41) is 0. The highest BCUT2D eigenvalue weighted by Crippen LogP contribution is 2.66. The quantitative estimate of drug-likeness (QED) is 0.0824. The second kappa shape index (κ2) is 19.5. The summed E-state index contributed by atoms with van der Waals surface area (Å²) in [5.74, 6) is -13.3. The molecule has 6 saturated carbocycles. The van der Waals surface area contributed by atoms with Crippen LogP contribution in [-0.4, -0.2) is 46.5 Å². The first-order chi connectivity index (χ1) is 35.0. The van der Waals surface area contributed by atoms with E-state index < -0.39 is 69.3 Å². The van der Waals surface area contributed by atoms with E-state index >= 15 is 0 Å². The van der Waals surface area contributed by atoms with Crippen molar-refractivity contribution >= 4 is 23.6 Å². The van der Waals surface area contributed by atoms with Gasteiger partial charge in [-0.05, 0) is 187 Å². The molecule has 6 nitrogen and oxygen atoms in total. The fraction of sp³-hybridized carbons (Fsp3) is 0.586. The minimum Gasteiger partial charge on any atom is -0.275 e. The number of rotatable bonds is 9. The van der Waals surface area contributed by atoms with E-state index in [1.54, 1.807) is 27.7 Å². The van der Waals surface area contributed by atoms with Crippen molar-refractivity contribution in [2.24, 2.45) is 94.7 Å². The number of nitrogens with zero attached hydrogens (tertiary/aromatic N) is 2.